The highest BCUT2D eigenvalue weighted by Crippen LogP contribution is 2.34. The first-order valence-electron chi connectivity index (χ1n) is 8.52. The average Bonchev–Trinajstić information content (AvgIpc) is 2.93. The molecule has 7 nitrogen and oxygen atoms in total. The van der Waals surface area contributed by atoms with Crippen molar-refractivity contribution in [2.75, 3.05) is 26.3 Å². The molecule has 2 aliphatic rings. The van der Waals surface area contributed by atoms with E-state index in [1.165, 1.54) is 5.56 Å². The SMILES string of the molecule is Cn1nnnc1CCN1Cc2ccccc2OC2(CCOCC2)C1. The highest BCUT2D eigenvalue weighted by molar-refractivity contribution is 5.35. The summed E-state index contributed by atoms with van der Waals surface area (Å²) in [5, 5.41) is 11.7. The Labute approximate surface area is 141 Å². The van der Waals surface area contributed by atoms with Crippen LogP contribution in [0.2, 0.25) is 0 Å². The molecule has 7 heteroatoms. The largest absolute Gasteiger partial charge is 0.485 e. The van der Waals surface area contributed by atoms with Gasteiger partial charge in [-0.05, 0) is 16.5 Å². The van der Waals surface area contributed by atoms with E-state index < -0.39 is 0 Å². The number of nitrogens with zero attached hydrogens (tertiary/aromatic N) is 5. The predicted molar refractivity (Wildman–Crippen MR) is 87.6 cm³/mol. The first kappa shape index (κ1) is 15.5. The van der Waals surface area contributed by atoms with Crippen LogP contribution < -0.4 is 4.74 Å². The van der Waals surface area contributed by atoms with Crippen molar-refractivity contribution in [1.82, 2.24) is 25.1 Å². The van der Waals surface area contributed by atoms with E-state index in [1.807, 2.05) is 13.1 Å². The summed E-state index contributed by atoms with van der Waals surface area (Å²) in [6.45, 7) is 4.25. The van der Waals surface area contributed by atoms with Crippen molar-refractivity contribution in [3.05, 3.63) is 35.7 Å². The smallest absolute Gasteiger partial charge is 0.152 e. The lowest BCUT2D eigenvalue weighted by Gasteiger charge is -2.39. The molecule has 2 aromatic rings. The van der Waals surface area contributed by atoms with Gasteiger partial charge >= 0.3 is 0 Å². The fourth-order valence-electron chi connectivity index (χ4n) is 3.58. The second-order valence-electron chi connectivity index (χ2n) is 6.68. The number of tetrazole rings is 1. The third kappa shape index (κ3) is 3.14. The fourth-order valence-corrected chi connectivity index (χ4v) is 3.58. The molecule has 1 spiro atoms. The summed E-state index contributed by atoms with van der Waals surface area (Å²) in [6.07, 6.45) is 2.70. The average molecular weight is 329 g/mol. The molecule has 1 aromatic heterocycles. The normalized spacial score (nSPS) is 20.4. The summed E-state index contributed by atoms with van der Waals surface area (Å²) in [5.74, 6) is 1.93. The van der Waals surface area contributed by atoms with Crippen molar-refractivity contribution in [1.29, 1.82) is 0 Å². The Hall–Kier alpha value is -1.99. The minimum atomic E-state index is -0.150. The Kier molecular flexibility index (Phi) is 4.20. The van der Waals surface area contributed by atoms with Gasteiger partial charge in [-0.3, -0.25) is 4.90 Å². The number of ether oxygens (including phenoxy) is 2. The lowest BCUT2D eigenvalue weighted by atomic mass is 9.93. The van der Waals surface area contributed by atoms with Crippen LogP contribution in [-0.4, -0.2) is 57.0 Å². The molecule has 0 saturated carbocycles. The van der Waals surface area contributed by atoms with Gasteiger partial charge in [-0.25, -0.2) is 4.68 Å². The minimum absolute atomic E-state index is 0.150. The Balaban J connectivity index is 1.56. The van der Waals surface area contributed by atoms with E-state index in [-0.39, 0.29) is 5.60 Å². The van der Waals surface area contributed by atoms with Gasteiger partial charge in [-0.15, -0.1) is 5.10 Å². The van der Waals surface area contributed by atoms with Crippen LogP contribution in [0.5, 0.6) is 5.75 Å². The highest BCUT2D eigenvalue weighted by atomic mass is 16.5. The summed E-state index contributed by atoms with van der Waals surface area (Å²) >= 11 is 0. The molecule has 0 aliphatic carbocycles. The number of hydrogen-bond acceptors (Lipinski definition) is 6. The molecule has 0 radical (unpaired) electrons. The lowest BCUT2D eigenvalue weighted by molar-refractivity contribution is -0.0583. The molecule has 1 fully saturated rings. The number of benzene rings is 1. The summed E-state index contributed by atoms with van der Waals surface area (Å²) in [4.78, 5) is 2.46. The van der Waals surface area contributed by atoms with E-state index in [2.05, 4.69) is 38.6 Å². The first-order chi connectivity index (χ1) is 11.7. The van der Waals surface area contributed by atoms with Gasteiger partial charge in [0, 0.05) is 51.5 Å². The standard InChI is InChI=1S/C17H23N5O2/c1-21-16(18-19-20-21)6-9-22-12-14-4-2-3-5-15(14)24-17(13-22)7-10-23-11-8-17/h2-5H,6-13H2,1H3. The van der Waals surface area contributed by atoms with Gasteiger partial charge in [0.25, 0.3) is 0 Å². The monoisotopic (exact) mass is 329 g/mol. The molecule has 0 atom stereocenters. The second kappa shape index (κ2) is 6.49. The summed E-state index contributed by atoms with van der Waals surface area (Å²) in [6, 6.07) is 8.37. The molecule has 4 rings (SSSR count). The quantitative estimate of drug-likeness (QED) is 0.843. The van der Waals surface area contributed by atoms with Gasteiger partial charge in [0.2, 0.25) is 0 Å². The van der Waals surface area contributed by atoms with E-state index in [0.29, 0.717) is 0 Å². The molecule has 0 unspecified atom stereocenters. The maximum atomic E-state index is 6.51. The van der Waals surface area contributed by atoms with E-state index in [1.54, 1.807) is 4.68 Å². The molecule has 0 N–H and O–H groups in total. The van der Waals surface area contributed by atoms with Crippen LogP contribution in [0.4, 0.5) is 0 Å². The number of aromatic nitrogens is 4. The van der Waals surface area contributed by atoms with Crippen molar-refractivity contribution in [3.63, 3.8) is 0 Å². The zero-order valence-electron chi connectivity index (χ0n) is 14.0. The van der Waals surface area contributed by atoms with Crippen LogP contribution in [0, 0.1) is 0 Å². The zero-order valence-corrected chi connectivity index (χ0v) is 14.0. The van der Waals surface area contributed by atoms with Crippen molar-refractivity contribution >= 4 is 0 Å². The maximum absolute atomic E-state index is 6.51. The van der Waals surface area contributed by atoms with Crippen molar-refractivity contribution in [2.24, 2.45) is 7.05 Å². The van der Waals surface area contributed by atoms with Crippen molar-refractivity contribution in [3.8, 4) is 5.75 Å². The van der Waals surface area contributed by atoms with Gasteiger partial charge in [0.05, 0.1) is 13.2 Å². The highest BCUT2D eigenvalue weighted by Gasteiger charge is 2.39. The van der Waals surface area contributed by atoms with Gasteiger partial charge in [0.15, 0.2) is 5.82 Å². The van der Waals surface area contributed by atoms with Crippen LogP contribution in [0.15, 0.2) is 24.3 Å². The topological polar surface area (TPSA) is 65.3 Å². The lowest BCUT2D eigenvalue weighted by Crippen LogP contribution is -2.49. The van der Waals surface area contributed by atoms with Crippen LogP contribution in [0.3, 0.4) is 0 Å². The molecule has 0 bridgehead atoms. The van der Waals surface area contributed by atoms with Crippen LogP contribution in [0.1, 0.15) is 24.2 Å². The van der Waals surface area contributed by atoms with Gasteiger partial charge in [-0.1, -0.05) is 18.2 Å². The number of para-hydroxylation sites is 1. The third-order valence-corrected chi connectivity index (χ3v) is 4.97. The van der Waals surface area contributed by atoms with Gasteiger partial charge in [-0.2, -0.15) is 0 Å². The first-order valence-corrected chi connectivity index (χ1v) is 8.52. The van der Waals surface area contributed by atoms with Crippen molar-refractivity contribution in [2.45, 2.75) is 31.4 Å². The minimum Gasteiger partial charge on any atom is -0.485 e. The van der Waals surface area contributed by atoms with Gasteiger partial charge < -0.3 is 9.47 Å². The van der Waals surface area contributed by atoms with E-state index in [9.17, 15) is 0 Å². The summed E-state index contributed by atoms with van der Waals surface area (Å²) in [5.41, 5.74) is 1.10. The van der Waals surface area contributed by atoms with E-state index in [0.717, 1.165) is 63.7 Å². The van der Waals surface area contributed by atoms with Crippen molar-refractivity contribution < 1.29 is 9.47 Å². The Bertz CT molecular complexity index is 696. The molecular weight excluding hydrogens is 306 g/mol. The Morgan fingerprint density at radius 3 is 2.83 bits per heavy atom. The fraction of sp³-hybridized carbons (Fsp3) is 0.588. The number of fused-ring (bicyclic) bond motifs is 1. The van der Waals surface area contributed by atoms with Crippen LogP contribution in [0.25, 0.3) is 0 Å². The second-order valence-corrected chi connectivity index (χ2v) is 6.68. The summed E-state index contributed by atoms with van der Waals surface area (Å²) in [7, 11) is 1.89. The van der Waals surface area contributed by atoms with Crippen LogP contribution >= 0.6 is 0 Å². The number of hydrogen-bond donors (Lipinski definition) is 0. The zero-order chi connectivity index (χ0) is 16.4. The molecule has 0 amide bonds. The summed E-state index contributed by atoms with van der Waals surface area (Å²) < 4.78 is 13.8. The van der Waals surface area contributed by atoms with E-state index >= 15 is 0 Å². The Morgan fingerprint density at radius 2 is 2.04 bits per heavy atom. The molecule has 3 heterocycles. The van der Waals surface area contributed by atoms with Crippen LogP contribution in [-0.2, 0) is 24.8 Å². The van der Waals surface area contributed by atoms with Gasteiger partial charge in [0.1, 0.15) is 11.4 Å². The maximum Gasteiger partial charge on any atom is 0.152 e. The molecule has 24 heavy (non-hydrogen) atoms. The Morgan fingerprint density at radius 1 is 1.21 bits per heavy atom. The molecule has 2 aliphatic heterocycles. The molecule has 128 valence electrons. The molecule has 1 aromatic carbocycles. The predicted octanol–water partition coefficient (Wildman–Crippen LogP) is 1.20. The molecular formula is C17H23N5O2. The molecule has 1 saturated heterocycles. The number of aryl methyl sites for hydroxylation is 1. The van der Waals surface area contributed by atoms with E-state index in [4.69, 9.17) is 9.47 Å². The number of rotatable bonds is 3. The third-order valence-electron chi connectivity index (χ3n) is 4.97.